The molecule has 4 aliphatic rings. The molecule has 4 unspecified atom stereocenters. The van der Waals surface area contributed by atoms with Crippen molar-refractivity contribution in [2.75, 3.05) is 33.0 Å². The predicted molar refractivity (Wildman–Crippen MR) is 518 cm³/mol. The van der Waals surface area contributed by atoms with E-state index in [0.717, 1.165) is 86.0 Å². The second-order valence-corrected chi connectivity index (χ2v) is 37.3. The molecule has 4 atom stereocenters. The van der Waals surface area contributed by atoms with Gasteiger partial charge in [0, 0.05) is 47.8 Å². The van der Waals surface area contributed by atoms with Gasteiger partial charge in [-0.25, -0.2) is 8.42 Å². The number of aromatic nitrogens is 7. The van der Waals surface area contributed by atoms with Crippen LogP contribution in [-0.2, 0) is 61.7 Å². The molecule has 40 heteroatoms. The molecule has 12 aromatic rings. The summed E-state index contributed by atoms with van der Waals surface area (Å²) < 4.78 is 156. The maximum Gasteiger partial charge on any atom is 0.573 e. The third-order valence-corrected chi connectivity index (χ3v) is 24.7. The molecule has 16 rings (SSSR count). The van der Waals surface area contributed by atoms with Crippen molar-refractivity contribution in [2.24, 2.45) is 13.0 Å². The van der Waals surface area contributed by atoms with Crippen molar-refractivity contribution in [1.82, 2.24) is 35.2 Å². The molecule has 4 saturated heterocycles. The minimum absolute atomic E-state index is 0.0160. The number of anilines is 4. The highest BCUT2D eigenvalue weighted by Crippen LogP contribution is 2.48. The summed E-state index contributed by atoms with van der Waals surface area (Å²) >= 11 is 0. The van der Waals surface area contributed by atoms with E-state index in [1.165, 1.54) is 121 Å². The van der Waals surface area contributed by atoms with Gasteiger partial charge in [0.15, 0.2) is 27.3 Å². The topological polar surface area (TPSA) is 401 Å². The van der Waals surface area contributed by atoms with E-state index < -0.39 is 140 Å². The molecule has 4 amide bonds. The number of benzene rings is 8. The number of ketones is 4. The van der Waals surface area contributed by atoms with E-state index in [-0.39, 0.29) is 102 Å². The molecular formula is C106H94F9N11O19S. The van der Waals surface area contributed by atoms with Crippen LogP contribution >= 0.6 is 0 Å². The van der Waals surface area contributed by atoms with Crippen molar-refractivity contribution >= 4 is 103 Å². The zero-order chi connectivity index (χ0) is 106. The first-order chi connectivity index (χ1) is 68.8. The Kier molecular flexibility index (Phi) is 31.8. The van der Waals surface area contributed by atoms with E-state index in [9.17, 15) is 112 Å². The van der Waals surface area contributed by atoms with Crippen LogP contribution < -0.4 is 44.1 Å². The van der Waals surface area contributed by atoms with Gasteiger partial charge in [0.1, 0.15) is 46.0 Å². The number of alkyl halides is 9. The summed E-state index contributed by atoms with van der Waals surface area (Å²) in [5.74, 6) is -9.27. The van der Waals surface area contributed by atoms with Crippen LogP contribution in [0.15, 0.2) is 281 Å². The zero-order valence-corrected chi connectivity index (χ0v) is 81.0. The Morgan fingerprint density at radius 3 is 0.904 bits per heavy atom. The van der Waals surface area contributed by atoms with Crippen LogP contribution in [0.1, 0.15) is 175 Å². The molecule has 0 aliphatic carbocycles. The van der Waals surface area contributed by atoms with Gasteiger partial charge in [0.2, 0.25) is 5.88 Å². The number of carbonyl (C=O) groups excluding carboxylic acids is 8. The van der Waals surface area contributed by atoms with E-state index in [1.807, 2.05) is 65.8 Å². The molecule has 756 valence electrons. The maximum atomic E-state index is 13.2. The molecule has 0 bridgehead atoms. The predicted octanol–water partition coefficient (Wildman–Crippen LogP) is 19.6. The largest absolute Gasteiger partial charge is 0.573 e. The van der Waals surface area contributed by atoms with Crippen molar-refractivity contribution in [3.8, 4) is 23.1 Å². The lowest BCUT2D eigenvalue weighted by atomic mass is 9.94. The number of hydrogen-bond donors (Lipinski definition) is 4. The zero-order valence-electron chi connectivity index (χ0n) is 80.1. The van der Waals surface area contributed by atoms with Crippen molar-refractivity contribution in [2.45, 2.75) is 142 Å². The lowest BCUT2D eigenvalue weighted by Gasteiger charge is -2.25. The number of sulfone groups is 1. The number of hydrogen-bond acceptors (Lipinski definition) is 25. The number of Topliss-reactive ketones (excluding diaryl/α,β-unsaturated/α-hetero) is 4. The molecule has 4 fully saturated rings. The third-order valence-electron chi connectivity index (χ3n) is 23.6. The van der Waals surface area contributed by atoms with E-state index in [0.29, 0.717) is 39.6 Å². The number of aliphatic hydroxyl groups excluding tert-OH is 4. The maximum absolute atomic E-state index is 13.2. The fourth-order valence-corrected chi connectivity index (χ4v) is 17.0. The Balaban J connectivity index is 0.000000163. The Labute approximate surface area is 829 Å². The summed E-state index contributed by atoms with van der Waals surface area (Å²) in [7, 11) is -0.601. The van der Waals surface area contributed by atoms with Crippen LogP contribution in [0.25, 0.3) is 23.0 Å². The first kappa shape index (κ1) is 106. The van der Waals surface area contributed by atoms with E-state index in [2.05, 4.69) is 58.7 Å². The van der Waals surface area contributed by atoms with Gasteiger partial charge in [0.25, 0.3) is 34.6 Å². The number of pyridine rings is 1. The third kappa shape index (κ3) is 24.1. The van der Waals surface area contributed by atoms with Gasteiger partial charge in [-0.3, -0.25) is 62.8 Å². The summed E-state index contributed by atoms with van der Waals surface area (Å²) in [6.07, 6.45) is -11.3. The number of aliphatic hydroxyl groups is 4. The quantitative estimate of drug-likeness (QED) is 0.0212. The molecule has 4 N–H and O–H groups in total. The van der Waals surface area contributed by atoms with Crippen LogP contribution in [0.5, 0.6) is 23.1 Å². The summed E-state index contributed by atoms with van der Waals surface area (Å²) in [4.78, 5) is 123. The van der Waals surface area contributed by atoms with Gasteiger partial charge in [-0.15, -0.1) is 59.9 Å². The Bertz CT molecular complexity index is 7280. The Morgan fingerprint density at radius 2 is 0.644 bits per heavy atom. The number of carbonyl (C=O) groups is 8. The molecule has 0 radical (unpaired) electrons. The van der Waals surface area contributed by atoms with Gasteiger partial charge in [-0.2, -0.15) is 10.2 Å². The molecule has 0 saturated carbocycles. The second-order valence-electron chi connectivity index (χ2n) is 35.3. The number of methoxy groups -OCH3 is 1. The summed E-state index contributed by atoms with van der Waals surface area (Å²) in [6.45, 7) is 19.7. The van der Waals surface area contributed by atoms with Crippen LogP contribution in [0.3, 0.4) is 0 Å². The normalized spacial score (nSPS) is 17.5. The number of halogens is 9. The average molecular weight is 2030 g/mol. The van der Waals surface area contributed by atoms with Crippen molar-refractivity contribution < 1.29 is 126 Å². The highest BCUT2D eigenvalue weighted by molar-refractivity contribution is 7.90. The molecule has 4 aromatic heterocycles. The summed E-state index contributed by atoms with van der Waals surface area (Å²) in [5, 5.41) is 68.6. The van der Waals surface area contributed by atoms with Gasteiger partial charge >= 0.3 is 36.8 Å². The lowest BCUT2D eigenvalue weighted by molar-refractivity contribution is -0.275. The lowest BCUT2D eigenvalue weighted by Crippen LogP contribution is -2.35. The molecule has 4 aliphatic heterocycles. The number of ether oxygens (including phenoxy) is 4. The summed E-state index contributed by atoms with van der Waals surface area (Å²) in [6, 6.07) is 54.9. The first-order valence-electron chi connectivity index (χ1n) is 45.0. The number of amides is 4. The molecule has 8 heterocycles. The standard InChI is InChI=1S/C27H24F3N3O4.C27H23F3N2O5.C26H22F3N3O5.C26H25N3O5S/c1-15(2)14-17-5-7-19(8-6-17)24(34)22-23(18-9-11-20(12-10-18)37-27(28,29)30)33(26(36)25(22)35)21-13-4-16(3)31-32-21;1-15(2)16-6-8-18(9-7-16)23(33)21-22(17-10-12-19(13-11-17)37-27(28,29)30)32(26(36)24(21)34)20-5-4-14-31(3)25(20)35;1-14(2)15-4-6-17(7-5-15)23(33)21-22(16-8-10-18(11-9-16)37-26(27,28)29)32(25(35)24(21)34)19-12-13-20(36-3)31-30-19;1-15(2)17-6-8-19(9-7-17)24(30)22-23(18-10-12-20(13-11-18)35(4,33)34)29(26(32)25(22)31)21-14-5-16(3)27-28-21/h4-13,15,23,34H,14H2,1-3H3;4-15,22,33H,1-3H3;4-14,22,33H,1-3H3;5-15,23,30H,1-4H3. The van der Waals surface area contributed by atoms with Crippen molar-refractivity contribution in [1.29, 1.82) is 0 Å². The van der Waals surface area contributed by atoms with Gasteiger partial charge < -0.3 is 43.9 Å². The van der Waals surface area contributed by atoms with Crippen LogP contribution in [0, 0.1) is 19.8 Å². The van der Waals surface area contributed by atoms with E-state index >= 15 is 0 Å². The fraction of sp³-hybridized carbons (Fsp3) is 0.236. The fourth-order valence-electron chi connectivity index (χ4n) is 16.3. The Hall–Kier alpha value is -16.8. The summed E-state index contributed by atoms with van der Waals surface area (Å²) in [5.41, 5.74) is 6.16. The number of aryl methyl sites for hydroxylation is 3. The highest BCUT2D eigenvalue weighted by atomic mass is 32.2. The van der Waals surface area contributed by atoms with Gasteiger partial charge in [0.05, 0.1) is 69.9 Å². The number of nitrogens with zero attached hydrogens (tertiary/aromatic N) is 11. The van der Waals surface area contributed by atoms with E-state index in [4.69, 9.17) is 4.74 Å². The first-order valence-corrected chi connectivity index (χ1v) is 46.9. The molecule has 8 aromatic carbocycles. The van der Waals surface area contributed by atoms with Crippen LogP contribution in [0.4, 0.5) is 62.7 Å². The van der Waals surface area contributed by atoms with Gasteiger partial charge in [-0.05, 0) is 179 Å². The minimum Gasteiger partial charge on any atom is -0.507 e. The SMILES string of the molecule is CC(C)c1ccc(C(O)=C2C(=O)C(=O)N(c3cccn(C)c3=O)C2c2ccc(OC(F)(F)F)cc2)cc1.COc1ccc(N2C(=O)C(=O)C(=C(O)c3ccc(C(C)C)cc3)C2c2ccc(OC(F)(F)F)cc2)nn1.Cc1ccc(N2C(=O)C(=O)C(=C(O)c3ccc(C(C)C)cc3)C2c2ccc(S(C)(=O)=O)cc2)nn1.Cc1ccc(N2C(=O)C(=O)C(=C(O)c3ccc(CC(C)C)cc3)C2c2ccc(OC(F)(F)F)cc2)nn1. The van der Waals surface area contributed by atoms with Crippen LogP contribution in [0.2, 0.25) is 0 Å². The van der Waals surface area contributed by atoms with Crippen molar-refractivity contribution in [3.05, 3.63) is 360 Å². The molecule has 30 nitrogen and oxygen atoms in total. The average Bonchev–Trinajstić information content (AvgIpc) is 1.61. The Morgan fingerprint density at radius 1 is 0.363 bits per heavy atom. The van der Waals surface area contributed by atoms with Crippen molar-refractivity contribution in [3.63, 3.8) is 0 Å². The van der Waals surface area contributed by atoms with Crippen LogP contribution in [-0.4, -0.2) is 143 Å². The smallest absolute Gasteiger partial charge is 0.507 e. The van der Waals surface area contributed by atoms with Gasteiger partial charge in [-0.1, -0.05) is 201 Å². The highest BCUT2D eigenvalue weighted by Gasteiger charge is 2.53. The molecular weight excluding hydrogens is 1930 g/mol. The second kappa shape index (κ2) is 43.6. The van der Waals surface area contributed by atoms with E-state index in [1.54, 1.807) is 105 Å². The molecule has 146 heavy (non-hydrogen) atoms. The molecule has 0 spiro atoms. The monoisotopic (exact) mass is 2030 g/mol. The minimum atomic E-state index is -4.91. The number of rotatable bonds is 22.